The molecule has 5 N–H and O–H groups in total. The molecule has 0 rings (SSSR count). The topological polar surface area (TPSA) is 154 Å². The molecule has 9 heteroatoms. The average molecular weight is 411 g/mol. The SMILES string of the molecule is CCCCCCCCCCCC(=O)O.O=C(OCC(O)CO)OCC(O)CO. The molecule has 168 valence electrons. The van der Waals surface area contributed by atoms with Gasteiger partial charge in [-0.1, -0.05) is 58.3 Å². The first-order chi connectivity index (χ1) is 13.4. The van der Waals surface area contributed by atoms with Crippen molar-refractivity contribution in [1.82, 2.24) is 0 Å². The molecule has 0 aromatic carbocycles. The second-order valence-corrected chi connectivity index (χ2v) is 6.52. The van der Waals surface area contributed by atoms with Crippen molar-refractivity contribution in [2.45, 2.75) is 83.3 Å². The third kappa shape index (κ3) is 24.6. The van der Waals surface area contributed by atoms with E-state index in [9.17, 15) is 9.59 Å². The van der Waals surface area contributed by atoms with Gasteiger partial charge in [-0.3, -0.25) is 4.79 Å². The summed E-state index contributed by atoms with van der Waals surface area (Å²) in [5.74, 6) is -0.659. The molecule has 0 saturated carbocycles. The predicted molar refractivity (Wildman–Crippen MR) is 103 cm³/mol. The third-order valence-corrected chi connectivity index (χ3v) is 3.70. The molecule has 0 aliphatic carbocycles. The number of unbranched alkanes of at least 4 members (excludes halogenated alkanes) is 8. The van der Waals surface area contributed by atoms with Crippen molar-refractivity contribution in [1.29, 1.82) is 0 Å². The number of aliphatic carboxylic acids is 1. The first-order valence-electron chi connectivity index (χ1n) is 9.96. The highest BCUT2D eigenvalue weighted by Crippen LogP contribution is 2.10. The lowest BCUT2D eigenvalue weighted by atomic mass is 10.1. The van der Waals surface area contributed by atoms with Crippen molar-refractivity contribution in [3.63, 3.8) is 0 Å². The number of hydrogen-bond donors (Lipinski definition) is 5. The van der Waals surface area contributed by atoms with Gasteiger partial charge in [0, 0.05) is 6.42 Å². The Balaban J connectivity index is 0. The van der Waals surface area contributed by atoms with Crippen LogP contribution in [-0.2, 0) is 14.3 Å². The number of carboxylic acid groups (broad SMARTS) is 1. The fraction of sp³-hybridized carbons (Fsp3) is 0.895. The second-order valence-electron chi connectivity index (χ2n) is 6.52. The number of carbonyl (C=O) groups excluding carboxylic acids is 1. The van der Waals surface area contributed by atoms with E-state index in [1.165, 1.54) is 44.9 Å². The molecule has 0 aliphatic rings. The van der Waals surface area contributed by atoms with Gasteiger partial charge in [-0.15, -0.1) is 0 Å². The largest absolute Gasteiger partial charge is 0.508 e. The van der Waals surface area contributed by atoms with Gasteiger partial charge in [0.25, 0.3) is 0 Å². The zero-order valence-corrected chi connectivity index (χ0v) is 16.9. The highest BCUT2D eigenvalue weighted by Gasteiger charge is 2.11. The van der Waals surface area contributed by atoms with Crippen LogP contribution in [0, 0.1) is 0 Å². The Hall–Kier alpha value is -1.42. The summed E-state index contributed by atoms with van der Waals surface area (Å²) < 4.78 is 8.65. The summed E-state index contributed by atoms with van der Waals surface area (Å²) in [5.41, 5.74) is 0. The van der Waals surface area contributed by atoms with Crippen molar-refractivity contribution in [2.24, 2.45) is 0 Å². The van der Waals surface area contributed by atoms with E-state index in [0.717, 1.165) is 12.8 Å². The van der Waals surface area contributed by atoms with E-state index in [2.05, 4.69) is 16.4 Å². The van der Waals surface area contributed by atoms with Crippen molar-refractivity contribution >= 4 is 12.1 Å². The average Bonchev–Trinajstić information content (AvgIpc) is 2.69. The van der Waals surface area contributed by atoms with Crippen LogP contribution in [0.4, 0.5) is 4.79 Å². The highest BCUT2D eigenvalue weighted by molar-refractivity contribution is 5.66. The molecule has 28 heavy (non-hydrogen) atoms. The molecular weight excluding hydrogens is 372 g/mol. The first-order valence-corrected chi connectivity index (χ1v) is 9.96. The van der Waals surface area contributed by atoms with E-state index in [1.807, 2.05) is 0 Å². The maximum atomic E-state index is 10.7. The lowest BCUT2D eigenvalue weighted by Crippen LogP contribution is -2.25. The van der Waals surface area contributed by atoms with Gasteiger partial charge in [0.1, 0.15) is 25.4 Å². The Labute approximate surface area is 167 Å². The van der Waals surface area contributed by atoms with E-state index in [0.29, 0.717) is 6.42 Å². The standard InChI is InChI=1S/C12H24O2.C7H14O7/c1-2-3-4-5-6-7-8-9-10-11-12(13)14;8-1-5(10)3-13-7(12)14-4-6(11)2-9/h2-11H2,1H3,(H,13,14);5-6,8-11H,1-4H2. The normalized spacial score (nSPS) is 12.5. The molecule has 0 spiro atoms. The number of carbonyl (C=O) groups is 2. The molecule has 0 aromatic rings. The van der Waals surface area contributed by atoms with Crippen LogP contribution in [0.3, 0.4) is 0 Å². The molecule has 0 amide bonds. The van der Waals surface area contributed by atoms with Gasteiger partial charge in [0.05, 0.1) is 13.2 Å². The van der Waals surface area contributed by atoms with Crippen LogP contribution in [0.15, 0.2) is 0 Å². The van der Waals surface area contributed by atoms with Gasteiger partial charge < -0.3 is 35.0 Å². The number of carboxylic acids is 1. The van der Waals surface area contributed by atoms with Crippen LogP contribution in [0.2, 0.25) is 0 Å². The Morgan fingerprint density at radius 3 is 1.50 bits per heavy atom. The van der Waals surface area contributed by atoms with E-state index >= 15 is 0 Å². The summed E-state index contributed by atoms with van der Waals surface area (Å²) in [6, 6.07) is 0. The maximum absolute atomic E-state index is 10.7. The van der Waals surface area contributed by atoms with Crippen molar-refractivity contribution in [3.05, 3.63) is 0 Å². The molecule has 0 bridgehead atoms. The Bertz CT molecular complexity index is 347. The summed E-state index contributed by atoms with van der Waals surface area (Å²) in [5, 5.41) is 42.6. The maximum Gasteiger partial charge on any atom is 0.508 e. The predicted octanol–water partition coefficient (Wildman–Crippen LogP) is 1.84. The fourth-order valence-electron chi connectivity index (χ4n) is 2.06. The number of ether oxygens (including phenoxy) is 2. The summed E-state index contributed by atoms with van der Waals surface area (Å²) >= 11 is 0. The van der Waals surface area contributed by atoms with E-state index in [-0.39, 0.29) is 13.2 Å². The summed E-state index contributed by atoms with van der Waals surface area (Å²) in [7, 11) is 0. The van der Waals surface area contributed by atoms with E-state index in [1.54, 1.807) is 0 Å². The molecule has 0 fully saturated rings. The molecule has 0 heterocycles. The van der Waals surface area contributed by atoms with Crippen LogP contribution >= 0.6 is 0 Å². The van der Waals surface area contributed by atoms with Gasteiger partial charge >= 0.3 is 12.1 Å². The number of rotatable bonds is 16. The lowest BCUT2D eigenvalue weighted by Gasteiger charge is -2.10. The van der Waals surface area contributed by atoms with Crippen LogP contribution in [0.1, 0.15) is 71.1 Å². The monoisotopic (exact) mass is 410 g/mol. The van der Waals surface area contributed by atoms with E-state index < -0.39 is 37.5 Å². The lowest BCUT2D eigenvalue weighted by molar-refractivity contribution is -0.137. The molecular formula is C19H38O9. The second kappa shape index (κ2) is 21.9. The molecule has 0 saturated heterocycles. The van der Waals surface area contributed by atoms with Gasteiger partial charge in [0.15, 0.2) is 0 Å². The minimum Gasteiger partial charge on any atom is -0.481 e. The molecule has 9 nitrogen and oxygen atoms in total. The van der Waals surface area contributed by atoms with Crippen LogP contribution < -0.4 is 0 Å². The zero-order chi connectivity index (χ0) is 21.6. The third-order valence-electron chi connectivity index (χ3n) is 3.70. The van der Waals surface area contributed by atoms with Gasteiger partial charge in [0.2, 0.25) is 0 Å². The molecule has 0 aromatic heterocycles. The quantitative estimate of drug-likeness (QED) is 0.189. The van der Waals surface area contributed by atoms with Crippen LogP contribution in [0.25, 0.3) is 0 Å². The number of aliphatic hydroxyl groups is 4. The van der Waals surface area contributed by atoms with Crippen LogP contribution in [-0.4, -0.2) is 76.3 Å². The molecule has 0 radical (unpaired) electrons. The molecule has 2 unspecified atom stereocenters. The van der Waals surface area contributed by atoms with Crippen LogP contribution in [0.5, 0.6) is 0 Å². The summed E-state index contributed by atoms with van der Waals surface area (Å²) in [6.07, 6.45) is 8.10. The molecule has 0 aliphatic heterocycles. The highest BCUT2D eigenvalue weighted by atomic mass is 16.7. The van der Waals surface area contributed by atoms with Gasteiger partial charge in [-0.25, -0.2) is 4.79 Å². The number of aliphatic hydroxyl groups excluding tert-OH is 4. The van der Waals surface area contributed by atoms with Crippen molar-refractivity contribution in [2.75, 3.05) is 26.4 Å². The minimum atomic E-state index is -1.15. The van der Waals surface area contributed by atoms with E-state index in [4.69, 9.17) is 25.5 Å². The number of hydrogen-bond acceptors (Lipinski definition) is 8. The summed E-state index contributed by atoms with van der Waals surface area (Å²) in [4.78, 5) is 20.9. The summed E-state index contributed by atoms with van der Waals surface area (Å²) in [6.45, 7) is 0.417. The first kappa shape index (κ1) is 28.8. The molecule has 2 atom stereocenters. The smallest absolute Gasteiger partial charge is 0.481 e. The van der Waals surface area contributed by atoms with Crippen molar-refractivity contribution in [3.8, 4) is 0 Å². The Morgan fingerprint density at radius 2 is 1.14 bits per heavy atom. The Morgan fingerprint density at radius 1 is 0.750 bits per heavy atom. The van der Waals surface area contributed by atoms with Crippen molar-refractivity contribution < 1.29 is 44.6 Å². The minimum absolute atomic E-state index is 0.343. The zero-order valence-electron chi connectivity index (χ0n) is 16.9. The van der Waals surface area contributed by atoms with Gasteiger partial charge in [-0.05, 0) is 6.42 Å². The fourth-order valence-corrected chi connectivity index (χ4v) is 2.06. The van der Waals surface area contributed by atoms with Gasteiger partial charge in [-0.2, -0.15) is 0 Å². The Kier molecular flexibility index (Phi) is 22.5.